The van der Waals surface area contributed by atoms with Crippen LogP contribution in [0, 0.1) is 17.2 Å². The highest BCUT2D eigenvalue weighted by Crippen LogP contribution is 2.22. The van der Waals surface area contributed by atoms with E-state index in [1.807, 2.05) is 13.8 Å². The van der Waals surface area contributed by atoms with E-state index in [1.54, 1.807) is 24.3 Å². The molecule has 0 aliphatic rings. The maximum Gasteiger partial charge on any atom is 0.326 e. The Morgan fingerprint density at radius 2 is 1.88 bits per heavy atom. The molecule has 128 valence electrons. The van der Waals surface area contributed by atoms with Crippen molar-refractivity contribution in [2.24, 2.45) is 5.92 Å². The highest BCUT2D eigenvalue weighted by Gasteiger charge is 2.22. The Bertz CT molecular complexity index is 676. The lowest BCUT2D eigenvalue weighted by Crippen LogP contribution is -2.42. The summed E-state index contributed by atoms with van der Waals surface area (Å²) < 4.78 is 0. The number of carbonyl (C=O) groups excluding carboxylic acids is 1. The number of carboxylic acid groups (broad SMARTS) is 1. The van der Waals surface area contributed by atoms with Gasteiger partial charge in [0.05, 0.1) is 0 Å². The first-order valence-corrected chi connectivity index (χ1v) is 7.85. The molecular weight excluding hydrogens is 353 g/mol. The normalized spacial score (nSPS) is 12.4. The third-order valence-corrected chi connectivity index (χ3v) is 3.36. The number of hydrogen-bond acceptors (Lipinski definition) is 4. The first kappa shape index (κ1) is 19.8. The lowest BCUT2D eigenvalue weighted by molar-refractivity contribution is -0.141. The molecule has 0 aliphatic heterocycles. The third kappa shape index (κ3) is 6.49. The van der Waals surface area contributed by atoms with E-state index in [-0.39, 0.29) is 17.9 Å². The van der Waals surface area contributed by atoms with Crippen LogP contribution in [-0.4, -0.2) is 23.0 Å². The Labute approximate surface area is 150 Å². The van der Waals surface area contributed by atoms with E-state index < -0.39 is 17.9 Å². The van der Waals surface area contributed by atoms with Gasteiger partial charge >= 0.3 is 5.97 Å². The van der Waals surface area contributed by atoms with Crippen LogP contribution >= 0.6 is 23.2 Å². The second kappa shape index (κ2) is 9.16. The van der Waals surface area contributed by atoms with Crippen molar-refractivity contribution >= 4 is 40.8 Å². The number of aliphatic carboxylic acids is 1. The molecule has 1 unspecified atom stereocenters. The molecule has 8 heteroatoms. The zero-order chi connectivity index (χ0) is 18.3. The lowest BCUT2D eigenvalue weighted by Gasteiger charge is -2.16. The van der Waals surface area contributed by atoms with E-state index in [1.165, 1.54) is 6.20 Å². The zero-order valence-electron chi connectivity index (χ0n) is 13.1. The Kier molecular flexibility index (Phi) is 7.56. The predicted octanol–water partition coefficient (Wildman–Crippen LogP) is 3.43. The van der Waals surface area contributed by atoms with E-state index in [0.29, 0.717) is 15.7 Å². The van der Waals surface area contributed by atoms with E-state index in [2.05, 4.69) is 10.6 Å². The molecule has 24 heavy (non-hydrogen) atoms. The van der Waals surface area contributed by atoms with Gasteiger partial charge in [-0.25, -0.2) is 4.79 Å². The molecule has 0 fully saturated rings. The van der Waals surface area contributed by atoms with Crippen molar-refractivity contribution in [3.63, 3.8) is 0 Å². The van der Waals surface area contributed by atoms with Crippen molar-refractivity contribution in [2.45, 2.75) is 26.3 Å². The molecule has 6 nitrogen and oxygen atoms in total. The summed E-state index contributed by atoms with van der Waals surface area (Å²) in [6.07, 6.45) is 1.43. The minimum absolute atomic E-state index is 0.0765. The highest BCUT2D eigenvalue weighted by molar-refractivity contribution is 6.35. The molecule has 0 radical (unpaired) electrons. The van der Waals surface area contributed by atoms with Crippen molar-refractivity contribution in [1.82, 2.24) is 5.32 Å². The van der Waals surface area contributed by atoms with Gasteiger partial charge in [-0.2, -0.15) is 5.26 Å². The molecule has 0 aromatic heterocycles. The second-order valence-corrected chi connectivity index (χ2v) is 6.34. The van der Waals surface area contributed by atoms with Crippen LogP contribution in [0.3, 0.4) is 0 Å². The van der Waals surface area contributed by atoms with Crippen molar-refractivity contribution in [3.8, 4) is 6.07 Å². The second-order valence-electron chi connectivity index (χ2n) is 5.47. The van der Waals surface area contributed by atoms with Crippen LogP contribution < -0.4 is 10.6 Å². The van der Waals surface area contributed by atoms with Gasteiger partial charge < -0.3 is 15.7 Å². The van der Waals surface area contributed by atoms with Gasteiger partial charge in [-0.15, -0.1) is 0 Å². The summed E-state index contributed by atoms with van der Waals surface area (Å²) in [6, 6.07) is 5.34. The summed E-state index contributed by atoms with van der Waals surface area (Å²) in [5.41, 5.74) is 0.228. The smallest absolute Gasteiger partial charge is 0.326 e. The largest absolute Gasteiger partial charge is 0.480 e. The van der Waals surface area contributed by atoms with Crippen LogP contribution in [0.2, 0.25) is 10.0 Å². The summed E-state index contributed by atoms with van der Waals surface area (Å²) in [5.74, 6) is -1.84. The zero-order valence-corrected chi connectivity index (χ0v) is 14.6. The topological polar surface area (TPSA) is 102 Å². The Hall–Kier alpha value is -2.23. The first-order valence-electron chi connectivity index (χ1n) is 7.09. The molecule has 0 spiro atoms. The average Bonchev–Trinajstić information content (AvgIpc) is 2.45. The van der Waals surface area contributed by atoms with Crippen molar-refractivity contribution in [1.29, 1.82) is 5.26 Å². The summed E-state index contributed by atoms with van der Waals surface area (Å²) in [4.78, 5) is 23.2. The predicted molar refractivity (Wildman–Crippen MR) is 92.8 cm³/mol. The molecule has 3 N–H and O–H groups in total. The van der Waals surface area contributed by atoms with Gasteiger partial charge in [0.1, 0.15) is 17.7 Å². The SMILES string of the molecule is CC(C)CC(NC(=O)/C(C#N)=C\Nc1cc(Cl)cc(Cl)c1)C(=O)O. The van der Waals surface area contributed by atoms with Crippen LogP contribution in [0.4, 0.5) is 5.69 Å². The molecule has 0 bridgehead atoms. The number of hydrogen-bond donors (Lipinski definition) is 3. The van der Waals surface area contributed by atoms with Gasteiger partial charge in [0.15, 0.2) is 0 Å². The summed E-state index contributed by atoms with van der Waals surface area (Å²) >= 11 is 11.7. The quantitative estimate of drug-likeness (QED) is 0.504. The number of nitriles is 1. The molecule has 1 rings (SSSR count). The van der Waals surface area contributed by atoms with Gasteiger partial charge in [0.2, 0.25) is 0 Å². The molecule has 0 saturated heterocycles. The molecule has 0 heterocycles. The van der Waals surface area contributed by atoms with Crippen molar-refractivity contribution < 1.29 is 14.7 Å². The molecular formula is C16H17Cl2N3O3. The molecule has 0 saturated carbocycles. The van der Waals surface area contributed by atoms with Gasteiger partial charge in [-0.1, -0.05) is 37.0 Å². The standard InChI is InChI=1S/C16H17Cl2N3O3/c1-9(2)3-14(16(23)24)21-15(22)10(7-19)8-20-13-5-11(17)4-12(18)6-13/h4-6,8-9,14,20H,3H2,1-2H3,(H,21,22)(H,23,24)/b10-8-. The molecule has 1 amide bonds. The van der Waals surface area contributed by atoms with E-state index in [0.717, 1.165) is 0 Å². The van der Waals surface area contributed by atoms with Crippen molar-refractivity contribution in [2.75, 3.05) is 5.32 Å². The Morgan fingerprint density at radius 1 is 1.29 bits per heavy atom. The van der Waals surface area contributed by atoms with Crippen LogP contribution in [0.25, 0.3) is 0 Å². The Morgan fingerprint density at radius 3 is 2.33 bits per heavy atom. The van der Waals surface area contributed by atoms with Crippen molar-refractivity contribution in [3.05, 3.63) is 40.0 Å². The maximum atomic E-state index is 12.1. The fourth-order valence-corrected chi connectivity index (χ4v) is 2.40. The summed E-state index contributed by atoms with van der Waals surface area (Å²) in [5, 5.41) is 24.1. The van der Waals surface area contributed by atoms with E-state index >= 15 is 0 Å². The summed E-state index contributed by atoms with van der Waals surface area (Å²) in [7, 11) is 0. The summed E-state index contributed by atoms with van der Waals surface area (Å²) in [6.45, 7) is 3.68. The minimum Gasteiger partial charge on any atom is -0.480 e. The average molecular weight is 370 g/mol. The number of anilines is 1. The fourth-order valence-electron chi connectivity index (χ4n) is 1.87. The van der Waals surface area contributed by atoms with Crippen LogP contribution in [0.5, 0.6) is 0 Å². The molecule has 0 aliphatic carbocycles. The molecule has 1 atom stereocenters. The van der Waals surface area contributed by atoms with Gasteiger partial charge in [0, 0.05) is 21.9 Å². The number of halogens is 2. The van der Waals surface area contributed by atoms with Gasteiger partial charge in [-0.05, 0) is 30.5 Å². The third-order valence-electron chi connectivity index (χ3n) is 2.92. The number of nitrogens with one attached hydrogen (secondary N) is 2. The molecule has 1 aromatic carbocycles. The lowest BCUT2D eigenvalue weighted by atomic mass is 10.0. The number of amides is 1. The number of carboxylic acids is 1. The van der Waals surface area contributed by atoms with Gasteiger partial charge in [0.25, 0.3) is 5.91 Å². The number of benzene rings is 1. The monoisotopic (exact) mass is 369 g/mol. The first-order chi connectivity index (χ1) is 11.2. The van der Waals surface area contributed by atoms with Crippen LogP contribution in [0.1, 0.15) is 20.3 Å². The van der Waals surface area contributed by atoms with Crippen LogP contribution in [0.15, 0.2) is 30.0 Å². The number of carbonyl (C=O) groups is 2. The van der Waals surface area contributed by atoms with Crippen LogP contribution in [-0.2, 0) is 9.59 Å². The Balaban J connectivity index is 2.85. The fraction of sp³-hybridized carbons (Fsp3) is 0.312. The molecule has 1 aromatic rings. The number of nitrogens with zero attached hydrogens (tertiary/aromatic N) is 1. The minimum atomic E-state index is -1.15. The highest BCUT2D eigenvalue weighted by atomic mass is 35.5. The van der Waals surface area contributed by atoms with E-state index in [9.17, 15) is 9.59 Å². The van der Waals surface area contributed by atoms with Gasteiger partial charge in [-0.3, -0.25) is 4.79 Å². The van der Waals surface area contributed by atoms with E-state index in [4.69, 9.17) is 33.6 Å². The maximum absolute atomic E-state index is 12.1. The number of rotatable bonds is 7.